The number of benzene rings is 2. The standard InChI is InChI=1S/C19H15N3O3/c1-25-18-8-13(24)5-6-14(18)15-9-17(22-19(21)16(15)10-20)11-3-2-4-12(23)7-11/h2-9,23-24H,1H3,(H2,21,22). The van der Waals surface area contributed by atoms with Gasteiger partial charge >= 0.3 is 0 Å². The molecule has 2 aromatic carbocycles. The summed E-state index contributed by atoms with van der Waals surface area (Å²) >= 11 is 0. The summed E-state index contributed by atoms with van der Waals surface area (Å²) in [6.45, 7) is 0. The van der Waals surface area contributed by atoms with Crippen LogP contribution in [-0.2, 0) is 0 Å². The van der Waals surface area contributed by atoms with Crippen LogP contribution < -0.4 is 10.5 Å². The first kappa shape index (κ1) is 16.1. The average molecular weight is 333 g/mol. The summed E-state index contributed by atoms with van der Waals surface area (Å²) in [5.41, 5.74) is 8.51. The number of aromatic hydroxyl groups is 2. The van der Waals surface area contributed by atoms with Crippen LogP contribution in [0.2, 0.25) is 0 Å². The highest BCUT2D eigenvalue weighted by Gasteiger charge is 2.17. The summed E-state index contributed by atoms with van der Waals surface area (Å²) in [4.78, 5) is 4.27. The van der Waals surface area contributed by atoms with Crippen molar-refractivity contribution >= 4 is 5.82 Å². The molecular formula is C19H15N3O3. The number of aromatic nitrogens is 1. The second-order valence-corrected chi connectivity index (χ2v) is 5.36. The summed E-state index contributed by atoms with van der Waals surface area (Å²) in [7, 11) is 1.48. The number of hydrogen-bond acceptors (Lipinski definition) is 6. The molecule has 6 heteroatoms. The number of nitrogen functional groups attached to an aromatic ring is 1. The summed E-state index contributed by atoms with van der Waals surface area (Å²) in [6, 6.07) is 15.0. The minimum atomic E-state index is 0.0503. The summed E-state index contributed by atoms with van der Waals surface area (Å²) in [5.74, 6) is 0.637. The van der Waals surface area contributed by atoms with Crippen LogP contribution in [0.3, 0.4) is 0 Å². The first-order chi connectivity index (χ1) is 12.0. The van der Waals surface area contributed by atoms with Crippen LogP contribution in [0, 0.1) is 11.3 Å². The number of rotatable bonds is 3. The van der Waals surface area contributed by atoms with E-state index in [-0.39, 0.29) is 22.9 Å². The Morgan fingerprint density at radius 1 is 1.04 bits per heavy atom. The predicted molar refractivity (Wildman–Crippen MR) is 94.1 cm³/mol. The fraction of sp³-hybridized carbons (Fsp3) is 0.0526. The maximum atomic E-state index is 9.68. The molecule has 0 aliphatic rings. The monoisotopic (exact) mass is 333 g/mol. The fourth-order valence-corrected chi connectivity index (χ4v) is 2.61. The van der Waals surface area contributed by atoms with Crippen LogP contribution >= 0.6 is 0 Å². The minimum absolute atomic E-state index is 0.0503. The van der Waals surface area contributed by atoms with Crippen LogP contribution in [0.15, 0.2) is 48.5 Å². The Hall–Kier alpha value is -3.72. The minimum Gasteiger partial charge on any atom is -0.508 e. The van der Waals surface area contributed by atoms with Crippen molar-refractivity contribution in [2.75, 3.05) is 12.8 Å². The van der Waals surface area contributed by atoms with E-state index in [9.17, 15) is 15.5 Å². The Kier molecular flexibility index (Phi) is 4.14. The largest absolute Gasteiger partial charge is 0.508 e. The first-order valence-electron chi connectivity index (χ1n) is 7.41. The van der Waals surface area contributed by atoms with Gasteiger partial charge in [-0.05, 0) is 30.3 Å². The van der Waals surface area contributed by atoms with E-state index in [1.54, 1.807) is 36.4 Å². The molecule has 0 saturated heterocycles. The van der Waals surface area contributed by atoms with Gasteiger partial charge in [0, 0.05) is 22.8 Å². The number of hydrogen-bond donors (Lipinski definition) is 3. The van der Waals surface area contributed by atoms with Crippen LogP contribution in [-0.4, -0.2) is 22.3 Å². The van der Waals surface area contributed by atoms with Gasteiger partial charge in [0.05, 0.1) is 12.8 Å². The highest BCUT2D eigenvalue weighted by Crippen LogP contribution is 2.38. The molecule has 3 rings (SSSR count). The van der Waals surface area contributed by atoms with Gasteiger partial charge < -0.3 is 20.7 Å². The van der Waals surface area contributed by atoms with Crippen molar-refractivity contribution in [3.63, 3.8) is 0 Å². The van der Waals surface area contributed by atoms with E-state index in [2.05, 4.69) is 11.1 Å². The van der Waals surface area contributed by atoms with Gasteiger partial charge in [-0.1, -0.05) is 12.1 Å². The van der Waals surface area contributed by atoms with Gasteiger partial charge in [-0.25, -0.2) is 4.98 Å². The molecule has 0 atom stereocenters. The predicted octanol–water partition coefficient (Wildman–Crippen LogP) is 3.29. The Morgan fingerprint density at radius 3 is 2.48 bits per heavy atom. The van der Waals surface area contributed by atoms with E-state index < -0.39 is 0 Å². The molecule has 25 heavy (non-hydrogen) atoms. The van der Waals surface area contributed by atoms with E-state index in [1.165, 1.54) is 19.2 Å². The van der Waals surface area contributed by atoms with Crippen LogP contribution in [0.5, 0.6) is 17.2 Å². The fourth-order valence-electron chi connectivity index (χ4n) is 2.61. The number of pyridine rings is 1. The molecule has 0 amide bonds. The lowest BCUT2D eigenvalue weighted by Gasteiger charge is -2.13. The molecule has 124 valence electrons. The normalized spacial score (nSPS) is 10.2. The number of phenols is 2. The Labute approximate surface area is 144 Å². The summed E-state index contributed by atoms with van der Waals surface area (Å²) in [6.07, 6.45) is 0. The number of methoxy groups -OCH3 is 1. The average Bonchev–Trinajstić information content (AvgIpc) is 2.61. The van der Waals surface area contributed by atoms with Crippen molar-refractivity contribution in [3.8, 4) is 45.7 Å². The third-order valence-corrected chi connectivity index (χ3v) is 3.78. The molecule has 0 fully saturated rings. The number of nitriles is 1. The second-order valence-electron chi connectivity index (χ2n) is 5.36. The lowest BCUT2D eigenvalue weighted by Crippen LogP contribution is -2.00. The molecule has 6 nitrogen and oxygen atoms in total. The number of phenolic OH excluding ortho intramolecular Hbond substituents is 2. The van der Waals surface area contributed by atoms with E-state index in [0.29, 0.717) is 28.1 Å². The first-order valence-corrected chi connectivity index (χ1v) is 7.41. The zero-order chi connectivity index (χ0) is 18.0. The van der Waals surface area contributed by atoms with Gasteiger partial charge in [0.1, 0.15) is 34.7 Å². The van der Waals surface area contributed by atoms with E-state index in [1.807, 2.05) is 0 Å². The molecule has 4 N–H and O–H groups in total. The van der Waals surface area contributed by atoms with Gasteiger partial charge in [-0.15, -0.1) is 0 Å². The van der Waals surface area contributed by atoms with Gasteiger partial charge in [-0.2, -0.15) is 5.26 Å². The maximum absolute atomic E-state index is 9.68. The van der Waals surface area contributed by atoms with E-state index in [0.717, 1.165) is 0 Å². The topological polar surface area (TPSA) is 112 Å². The molecule has 0 aliphatic carbocycles. The van der Waals surface area contributed by atoms with Crippen molar-refractivity contribution < 1.29 is 14.9 Å². The van der Waals surface area contributed by atoms with E-state index in [4.69, 9.17) is 10.5 Å². The van der Waals surface area contributed by atoms with Crippen molar-refractivity contribution in [3.05, 3.63) is 54.1 Å². The molecule has 0 spiro atoms. The molecule has 0 bridgehead atoms. The molecule has 0 radical (unpaired) electrons. The number of nitrogens with zero attached hydrogens (tertiary/aromatic N) is 2. The Bertz CT molecular complexity index is 994. The smallest absolute Gasteiger partial charge is 0.142 e. The molecule has 0 saturated carbocycles. The summed E-state index contributed by atoms with van der Waals surface area (Å²) in [5, 5.41) is 28.8. The Morgan fingerprint density at radius 2 is 1.80 bits per heavy atom. The number of ether oxygens (including phenoxy) is 1. The molecule has 1 heterocycles. The van der Waals surface area contributed by atoms with Crippen LogP contribution in [0.4, 0.5) is 5.82 Å². The molecule has 0 aliphatic heterocycles. The summed E-state index contributed by atoms with van der Waals surface area (Å²) < 4.78 is 5.31. The third-order valence-electron chi connectivity index (χ3n) is 3.78. The number of nitrogens with two attached hydrogens (primary N) is 1. The van der Waals surface area contributed by atoms with E-state index >= 15 is 0 Å². The molecule has 1 aromatic heterocycles. The highest BCUT2D eigenvalue weighted by molar-refractivity contribution is 5.83. The maximum Gasteiger partial charge on any atom is 0.142 e. The lowest BCUT2D eigenvalue weighted by molar-refractivity contribution is 0.409. The van der Waals surface area contributed by atoms with Gasteiger partial charge in [0.2, 0.25) is 0 Å². The molecule has 0 unspecified atom stereocenters. The second kappa shape index (κ2) is 6.42. The molecular weight excluding hydrogens is 318 g/mol. The third kappa shape index (κ3) is 3.03. The highest BCUT2D eigenvalue weighted by atomic mass is 16.5. The van der Waals surface area contributed by atoms with Gasteiger partial charge in [0.25, 0.3) is 0 Å². The van der Waals surface area contributed by atoms with Crippen molar-refractivity contribution in [2.24, 2.45) is 0 Å². The zero-order valence-corrected chi connectivity index (χ0v) is 13.4. The quantitative estimate of drug-likeness (QED) is 0.678. The van der Waals surface area contributed by atoms with Gasteiger partial charge in [0.15, 0.2) is 0 Å². The Balaban J connectivity index is 2.28. The van der Waals surface area contributed by atoms with Crippen LogP contribution in [0.1, 0.15) is 5.56 Å². The number of anilines is 1. The van der Waals surface area contributed by atoms with Gasteiger partial charge in [-0.3, -0.25) is 0 Å². The van der Waals surface area contributed by atoms with Crippen molar-refractivity contribution in [1.82, 2.24) is 4.98 Å². The zero-order valence-electron chi connectivity index (χ0n) is 13.4. The van der Waals surface area contributed by atoms with Crippen molar-refractivity contribution in [2.45, 2.75) is 0 Å². The molecule has 3 aromatic rings. The lowest BCUT2D eigenvalue weighted by atomic mass is 9.97. The SMILES string of the molecule is COc1cc(O)ccc1-c1cc(-c2cccc(O)c2)nc(N)c1C#N. The van der Waals surface area contributed by atoms with Crippen molar-refractivity contribution in [1.29, 1.82) is 5.26 Å². The van der Waals surface area contributed by atoms with Crippen LogP contribution in [0.25, 0.3) is 22.4 Å².